The fourth-order valence-electron chi connectivity index (χ4n) is 2.46. The number of carbonyl (C=O) groups excluding carboxylic acids is 1. The number of anilines is 1. The topological polar surface area (TPSA) is 66.6 Å². The number of hydrogen-bond acceptors (Lipinski definition) is 3. The van der Waals surface area contributed by atoms with Gasteiger partial charge in [-0.25, -0.2) is 0 Å². The predicted octanol–water partition coefficient (Wildman–Crippen LogP) is 2.26. The van der Waals surface area contributed by atoms with E-state index in [0.717, 1.165) is 17.3 Å². The Balaban J connectivity index is 2.07. The Morgan fingerprint density at radius 1 is 1.47 bits per heavy atom. The maximum absolute atomic E-state index is 12.4. The van der Waals surface area contributed by atoms with E-state index in [1.54, 1.807) is 18.2 Å². The first-order valence-electron chi connectivity index (χ1n) is 6.51. The minimum Gasteiger partial charge on any atom is -0.399 e. The van der Waals surface area contributed by atoms with Crippen LogP contribution in [0.1, 0.15) is 30.1 Å². The molecule has 1 heterocycles. The Morgan fingerprint density at radius 3 is 2.68 bits per heavy atom. The predicted molar refractivity (Wildman–Crippen MR) is 78.9 cm³/mol. The van der Waals surface area contributed by atoms with Crippen LogP contribution in [-0.4, -0.2) is 35.1 Å². The molecule has 0 radical (unpaired) electrons. The van der Waals surface area contributed by atoms with Gasteiger partial charge in [-0.1, -0.05) is 0 Å². The van der Waals surface area contributed by atoms with Crippen LogP contribution >= 0.6 is 15.9 Å². The summed E-state index contributed by atoms with van der Waals surface area (Å²) in [6, 6.07) is 5.26. The van der Waals surface area contributed by atoms with Gasteiger partial charge in [-0.2, -0.15) is 0 Å². The summed E-state index contributed by atoms with van der Waals surface area (Å²) in [4.78, 5) is 14.3. The Hall–Kier alpha value is -1.07. The summed E-state index contributed by atoms with van der Waals surface area (Å²) < 4.78 is 0.768. The molecule has 0 bridgehead atoms. The number of nitrogens with zero attached hydrogens (tertiary/aromatic N) is 1. The zero-order valence-electron chi connectivity index (χ0n) is 11.0. The second-order valence-corrected chi connectivity index (χ2v) is 5.96. The molecule has 5 heteroatoms. The molecule has 0 saturated carbocycles. The van der Waals surface area contributed by atoms with Crippen molar-refractivity contribution in [2.24, 2.45) is 5.92 Å². The van der Waals surface area contributed by atoms with Crippen molar-refractivity contribution < 1.29 is 9.90 Å². The van der Waals surface area contributed by atoms with Crippen LogP contribution in [0.4, 0.5) is 5.69 Å². The Morgan fingerprint density at radius 2 is 2.11 bits per heavy atom. The van der Waals surface area contributed by atoms with Crippen LogP contribution in [0, 0.1) is 5.92 Å². The third-order valence-corrected chi connectivity index (χ3v) is 4.42. The first-order valence-corrected chi connectivity index (χ1v) is 7.30. The monoisotopic (exact) mass is 326 g/mol. The zero-order valence-corrected chi connectivity index (χ0v) is 12.6. The molecule has 1 saturated heterocycles. The largest absolute Gasteiger partial charge is 0.399 e. The van der Waals surface area contributed by atoms with E-state index in [4.69, 9.17) is 5.73 Å². The SMILES string of the molecule is CC(O)C1CCN(C(=O)c2cc(N)ccc2Br)CC1. The molecule has 4 nitrogen and oxygen atoms in total. The minimum absolute atomic E-state index is 0.00298. The number of halogens is 1. The standard InChI is InChI=1S/C14H19BrN2O2/c1-9(18)10-4-6-17(7-5-10)14(19)12-8-11(16)2-3-13(12)15/h2-3,8-10,18H,4-7,16H2,1H3. The van der Waals surface area contributed by atoms with E-state index in [9.17, 15) is 9.90 Å². The fourth-order valence-corrected chi connectivity index (χ4v) is 2.88. The van der Waals surface area contributed by atoms with E-state index in [0.29, 0.717) is 30.3 Å². The van der Waals surface area contributed by atoms with Gasteiger partial charge in [0, 0.05) is 23.2 Å². The van der Waals surface area contributed by atoms with Gasteiger partial charge in [0.05, 0.1) is 11.7 Å². The van der Waals surface area contributed by atoms with Crippen molar-refractivity contribution in [1.82, 2.24) is 4.90 Å². The summed E-state index contributed by atoms with van der Waals surface area (Å²) in [6.45, 7) is 3.20. The number of aliphatic hydroxyl groups excluding tert-OH is 1. The Kier molecular flexibility index (Phi) is 4.47. The highest BCUT2D eigenvalue weighted by Crippen LogP contribution is 2.25. The van der Waals surface area contributed by atoms with Crippen LogP contribution < -0.4 is 5.73 Å². The second kappa shape index (κ2) is 5.92. The lowest BCUT2D eigenvalue weighted by molar-refractivity contribution is 0.0521. The molecule has 1 atom stereocenters. The highest BCUT2D eigenvalue weighted by atomic mass is 79.9. The van der Waals surface area contributed by atoms with Crippen LogP contribution in [0.3, 0.4) is 0 Å². The lowest BCUT2D eigenvalue weighted by Crippen LogP contribution is -2.40. The number of amides is 1. The first kappa shape index (κ1) is 14.3. The minimum atomic E-state index is -0.295. The van der Waals surface area contributed by atoms with Gasteiger partial charge in [-0.15, -0.1) is 0 Å². The van der Waals surface area contributed by atoms with Crippen molar-refractivity contribution >= 4 is 27.5 Å². The van der Waals surface area contributed by atoms with Crippen molar-refractivity contribution in [3.05, 3.63) is 28.2 Å². The molecule has 104 valence electrons. The molecule has 3 N–H and O–H groups in total. The average molecular weight is 327 g/mol. The Bertz CT molecular complexity index is 469. The summed E-state index contributed by atoms with van der Waals surface area (Å²) in [5, 5.41) is 9.57. The van der Waals surface area contributed by atoms with E-state index in [1.165, 1.54) is 0 Å². The average Bonchev–Trinajstić information content (AvgIpc) is 2.41. The molecule has 1 aliphatic rings. The Labute approximate surface area is 121 Å². The number of piperidine rings is 1. The van der Waals surface area contributed by atoms with Crippen LogP contribution in [0.15, 0.2) is 22.7 Å². The van der Waals surface area contributed by atoms with Crippen molar-refractivity contribution in [1.29, 1.82) is 0 Å². The van der Waals surface area contributed by atoms with Crippen LogP contribution in [-0.2, 0) is 0 Å². The zero-order chi connectivity index (χ0) is 14.0. The number of aliphatic hydroxyl groups is 1. The maximum Gasteiger partial charge on any atom is 0.255 e. The van der Waals surface area contributed by atoms with Gasteiger partial charge in [-0.05, 0) is 59.8 Å². The third kappa shape index (κ3) is 3.28. The second-order valence-electron chi connectivity index (χ2n) is 5.11. The van der Waals surface area contributed by atoms with Crippen LogP contribution in [0.2, 0.25) is 0 Å². The molecule has 0 aromatic heterocycles. The number of nitrogen functional groups attached to an aromatic ring is 1. The van der Waals surface area contributed by atoms with Crippen molar-refractivity contribution in [3.8, 4) is 0 Å². The molecule has 1 aliphatic heterocycles. The van der Waals surface area contributed by atoms with E-state index in [-0.39, 0.29) is 12.0 Å². The lowest BCUT2D eigenvalue weighted by atomic mass is 9.92. The molecule has 0 spiro atoms. The fraction of sp³-hybridized carbons (Fsp3) is 0.500. The molecule has 19 heavy (non-hydrogen) atoms. The smallest absolute Gasteiger partial charge is 0.255 e. The highest BCUT2D eigenvalue weighted by Gasteiger charge is 2.26. The summed E-state index contributed by atoms with van der Waals surface area (Å²) >= 11 is 3.39. The van der Waals surface area contributed by atoms with E-state index >= 15 is 0 Å². The first-order chi connectivity index (χ1) is 8.99. The molecule has 1 amide bonds. The molecule has 0 aliphatic carbocycles. The van der Waals surface area contributed by atoms with Gasteiger partial charge in [0.15, 0.2) is 0 Å². The maximum atomic E-state index is 12.4. The number of benzene rings is 1. The molecule has 1 aromatic carbocycles. The van der Waals surface area contributed by atoms with Crippen molar-refractivity contribution in [2.75, 3.05) is 18.8 Å². The van der Waals surface area contributed by atoms with Gasteiger partial charge >= 0.3 is 0 Å². The number of nitrogens with two attached hydrogens (primary N) is 1. The van der Waals surface area contributed by atoms with E-state index in [1.807, 2.05) is 11.8 Å². The van der Waals surface area contributed by atoms with Gasteiger partial charge in [0.2, 0.25) is 0 Å². The highest BCUT2D eigenvalue weighted by molar-refractivity contribution is 9.10. The molecule has 1 unspecified atom stereocenters. The number of carbonyl (C=O) groups is 1. The summed E-state index contributed by atoms with van der Waals surface area (Å²) in [6.07, 6.45) is 1.41. The summed E-state index contributed by atoms with van der Waals surface area (Å²) in [5.74, 6) is 0.302. The van der Waals surface area contributed by atoms with E-state index in [2.05, 4.69) is 15.9 Å². The summed E-state index contributed by atoms with van der Waals surface area (Å²) in [5.41, 5.74) is 6.93. The van der Waals surface area contributed by atoms with Crippen molar-refractivity contribution in [3.63, 3.8) is 0 Å². The van der Waals surface area contributed by atoms with Gasteiger partial charge in [-0.3, -0.25) is 4.79 Å². The summed E-state index contributed by atoms with van der Waals surface area (Å²) in [7, 11) is 0. The molecular weight excluding hydrogens is 308 g/mol. The van der Waals surface area contributed by atoms with E-state index < -0.39 is 0 Å². The van der Waals surface area contributed by atoms with Crippen molar-refractivity contribution in [2.45, 2.75) is 25.9 Å². The van der Waals surface area contributed by atoms with Crippen LogP contribution in [0.25, 0.3) is 0 Å². The quantitative estimate of drug-likeness (QED) is 0.819. The van der Waals surface area contributed by atoms with Crippen LogP contribution in [0.5, 0.6) is 0 Å². The molecular formula is C14H19BrN2O2. The van der Waals surface area contributed by atoms with Gasteiger partial charge in [0.1, 0.15) is 0 Å². The lowest BCUT2D eigenvalue weighted by Gasteiger charge is -2.33. The molecule has 1 aromatic rings. The number of hydrogen-bond donors (Lipinski definition) is 2. The van der Waals surface area contributed by atoms with Gasteiger partial charge in [0.25, 0.3) is 5.91 Å². The molecule has 2 rings (SSSR count). The number of rotatable bonds is 2. The molecule has 1 fully saturated rings. The third-order valence-electron chi connectivity index (χ3n) is 3.73. The van der Waals surface area contributed by atoms with Gasteiger partial charge < -0.3 is 15.7 Å². The number of likely N-dealkylation sites (tertiary alicyclic amines) is 1. The normalized spacial score (nSPS) is 18.4.